The molecule has 3 N–H and O–H groups in total. The Bertz CT molecular complexity index is 1520. The van der Waals surface area contributed by atoms with Gasteiger partial charge in [-0.1, -0.05) is 17.4 Å². The van der Waals surface area contributed by atoms with Gasteiger partial charge in [-0.15, -0.1) is 5.11 Å². The van der Waals surface area contributed by atoms with Gasteiger partial charge >= 0.3 is 18.1 Å². The van der Waals surface area contributed by atoms with Crippen LogP contribution in [0.25, 0.3) is 0 Å². The van der Waals surface area contributed by atoms with E-state index in [-0.39, 0.29) is 17.3 Å². The lowest BCUT2D eigenvalue weighted by Crippen LogP contribution is -2.41. The summed E-state index contributed by atoms with van der Waals surface area (Å²) in [7, 11) is 0. The Morgan fingerprint density at radius 3 is 2.48 bits per heavy atom. The number of hydrazine groups is 1. The van der Waals surface area contributed by atoms with Gasteiger partial charge in [-0.25, -0.2) is 14.8 Å². The lowest BCUT2D eigenvalue weighted by atomic mass is 10.2. The van der Waals surface area contributed by atoms with Gasteiger partial charge in [0.1, 0.15) is 12.3 Å². The van der Waals surface area contributed by atoms with E-state index in [2.05, 4.69) is 36.0 Å². The van der Waals surface area contributed by atoms with Crippen LogP contribution in [0.4, 0.5) is 33.5 Å². The summed E-state index contributed by atoms with van der Waals surface area (Å²) in [5.74, 6) is -9.10. The number of benzene rings is 1. The SMILES string of the molecule is O=C(Cn1ccnc(NCC(F)(F)c2ncccc2O)c1=O)N(Cc1ccc(N2CN=NN2)cc1)OC(=O)C(F)(F)F. The zero-order chi connectivity index (χ0) is 30.5. The number of nitrogens with zero attached hydrogens (tertiary/aromatic N) is 7. The van der Waals surface area contributed by atoms with Crippen molar-refractivity contribution in [1.82, 2.24) is 25.1 Å². The maximum absolute atomic E-state index is 14.6. The Labute approximate surface area is 232 Å². The maximum Gasteiger partial charge on any atom is 0.493 e. The van der Waals surface area contributed by atoms with Crippen molar-refractivity contribution in [3.63, 3.8) is 0 Å². The van der Waals surface area contributed by atoms with Gasteiger partial charge in [0.2, 0.25) is 0 Å². The van der Waals surface area contributed by atoms with Crippen LogP contribution in [-0.4, -0.2) is 56.0 Å². The third-order valence-corrected chi connectivity index (χ3v) is 5.55. The fourth-order valence-electron chi connectivity index (χ4n) is 3.50. The molecule has 3 aromatic rings. The van der Waals surface area contributed by atoms with E-state index in [0.717, 1.165) is 24.7 Å². The molecule has 1 aliphatic heterocycles. The maximum atomic E-state index is 14.6. The minimum absolute atomic E-state index is 0.127. The molecule has 222 valence electrons. The van der Waals surface area contributed by atoms with Gasteiger partial charge in [0.15, 0.2) is 18.2 Å². The second kappa shape index (κ2) is 12.0. The fraction of sp³-hybridized carbons (Fsp3) is 0.261. The Balaban J connectivity index is 1.49. The Morgan fingerprint density at radius 2 is 1.83 bits per heavy atom. The van der Waals surface area contributed by atoms with Crippen molar-refractivity contribution in [3.05, 3.63) is 76.6 Å². The van der Waals surface area contributed by atoms with Gasteiger partial charge in [-0.3, -0.25) is 14.6 Å². The summed E-state index contributed by atoms with van der Waals surface area (Å²) in [6.07, 6.45) is -2.45. The van der Waals surface area contributed by atoms with Crippen LogP contribution in [0, 0.1) is 0 Å². The van der Waals surface area contributed by atoms with Crippen molar-refractivity contribution in [2.45, 2.75) is 25.2 Å². The third-order valence-electron chi connectivity index (χ3n) is 5.55. The van der Waals surface area contributed by atoms with E-state index >= 15 is 0 Å². The molecule has 4 rings (SSSR count). The molecule has 1 amide bonds. The molecule has 1 aromatic carbocycles. The number of pyridine rings is 1. The number of anilines is 2. The Hall–Kier alpha value is -5.36. The second-order valence-electron chi connectivity index (χ2n) is 8.52. The average Bonchev–Trinajstić information content (AvgIpc) is 3.48. The number of amides is 1. The average molecular weight is 597 g/mol. The minimum atomic E-state index is -5.44. The third kappa shape index (κ3) is 7.04. The van der Waals surface area contributed by atoms with E-state index in [1.807, 2.05) is 0 Å². The number of halogens is 5. The zero-order valence-corrected chi connectivity index (χ0v) is 21.1. The Morgan fingerprint density at radius 1 is 1.10 bits per heavy atom. The highest BCUT2D eigenvalue weighted by Gasteiger charge is 2.43. The first-order valence-electron chi connectivity index (χ1n) is 11.7. The van der Waals surface area contributed by atoms with E-state index in [1.165, 1.54) is 23.2 Å². The smallest absolute Gasteiger partial charge is 0.493 e. The van der Waals surface area contributed by atoms with Gasteiger partial charge in [0, 0.05) is 18.6 Å². The second-order valence-corrected chi connectivity index (χ2v) is 8.52. The van der Waals surface area contributed by atoms with Gasteiger partial charge in [0.05, 0.1) is 18.8 Å². The summed E-state index contributed by atoms with van der Waals surface area (Å²) in [5, 5.41) is 20.7. The van der Waals surface area contributed by atoms with Crippen LogP contribution < -0.4 is 21.4 Å². The molecule has 0 saturated carbocycles. The van der Waals surface area contributed by atoms with E-state index in [1.54, 1.807) is 12.1 Å². The standard InChI is InChI=1S/C23H20F5N9O5/c24-22(25,18-16(38)2-1-7-29-18)12-31-19-20(40)35(9-8-30-19)11-17(39)37(42-21(41)23(26,27)28)10-14-3-5-15(6-4-14)36-13-32-33-34-36/h1-9,38H,10-13H2,(H,30,31)(H,32,34). The Kier molecular flexibility index (Phi) is 8.48. The molecular formula is C23H20F5N9O5. The van der Waals surface area contributed by atoms with Crippen molar-refractivity contribution >= 4 is 23.4 Å². The van der Waals surface area contributed by atoms with Crippen LogP contribution in [0.15, 0.2) is 70.1 Å². The number of hydroxylamine groups is 2. The van der Waals surface area contributed by atoms with Crippen molar-refractivity contribution in [2.75, 3.05) is 23.5 Å². The van der Waals surface area contributed by atoms with Crippen molar-refractivity contribution in [3.8, 4) is 5.75 Å². The number of nitrogens with one attached hydrogen (secondary N) is 2. The van der Waals surface area contributed by atoms with Crippen molar-refractivity contribution in [2.24, 2.45) is 10.3 Å². The molecule has 1 aliphatic rings. The van der Waals surface area contributed by atoms with E-state index < -0.39 is 66.4 Å². The number of hydrogen-bond donors (Lipinski definition) is 3. The molecule has 0 bridgehead atoms. The molecule has 0 radical (unpaired) electrons. The van der Waals surface area contributed by atoms with Crippen LogP contribution in [0.1, 0.15) is 11.3 Å². The highest BCUT2D eigenvalue weighted by molar-refractivity contribution is 5.80. The predicted octanol–water partition coefficient (Wildman–Crippen LogP) is 2.25. The molecule has 3 heterocycles. The largest absolute Gasteiger partial charge is 0.506 e. The van der Waals surface area contributed by atoms with Crippen molar-refractivity contribution in [1.29, 1.82) is 0 Å². The molecule has 19 heteroatoms. The van der Waals surface area contributed by atoms with Gasteiger partial charge in [-0.2, -0.15) is 32.6 Å². The highest BCUT2D eigenvalue weighted by atomic mass is 19.4. The number of rotatable bonds is 9. The number of carbonyl (C=O) groups is 2. The highest BCUT2D eigenvalue weighted by Crippen LogP contribution is 2.32. The number of carbonyl (C=O) groups excluding carboxylic acids is 2. The molecule has 0 unspecified atom stereocenters. The summed E-state index contributed by atoms with van der Waals surface area (Å²) in [6, 6.07) is 8.20. The number of alkyl halides is 5. The van der Waals surface area contributed by atoms with Crippen LogP contribution in [0.5, 0.6) is 5.75 Å². The summed E-state index contributed by atoms with van der Waals surface area (Å²) in [4.78, 5) is 48.7. The first-order valence-corrected chi connectivity index (χ1v) is 11.7. The molecule has 0 aliphatic carbocycles. The minimum Gasteiger partial charge on any atom is -0.506 e. The molecule has 14 nitrogen and oxygen atoms in total. The topological polar surface area (TPSA) is 167 Å². The molecule has 0 spiro atoms. The van der Waals surface area contributed by atoms with E-state index in [0.29, 0.717) is 10.3 Å². The quantitative estimate of drug-likeness (QED) is 0.246. The van der Waals surface area contributed by atoms with Crippen LogP contribution in [0.3, 0.4) is 0 Å². The summed E-state index contributed by atoms with van der Waals surface area (Å²) >= 11 is 0. The first kappa shape index (κ1) is 29.6. The summed E-state index contributed by atoms with van der Waals surface area (Å²) in [5.41, 5.74) is 1.38. The first-order chi connectivity index (χ1) is 19.8. The molecule has 0 saturated heterocycles. The normalized spacial score (nSPS) is 13.0. The van der Waals surface area contributed by atoms with Gasteiger partial charge in [0.25, 0.3) is 11.5 Å². The zero-order valence-electron chi connectivity index (χ0n) is 21.1. The predicted molar refractivity (Wildman–Crippen MR) is 131 cm³/mol. The molecule has 42 heavy (non-hydrogen) atoms. The lowest BCUT2D eigenvalue weighted by molar-refractivity contribution is -0.239. The molecule has 2 aromatic heterocycles. The molecule has 0 atom stereocenters. The summed E-state index contributed by atoms with van der Waals surface area (Å²) < 4.78 is 68.5. The monoisotopic (exact) mass is 597 g/mol. The molecule has 0 fully saturated rings. The van der Waals surface area contributed by atoms with Gasteiger partial charge in [-0.05, 0) is 29.8 Å². The van der Waals surface area contributed by atoms with Crippen molar-refractivity contribution < 1.29 is 41.5 Å². The van der Waals surface area contributed by atoms with Gasteiger partial charge < -0.3 is 19.8 Å². The number of hydrogen-bond acceptors (Lipinski definition) is 12. The molecular weight excluding hydrogens is 577 g/mol. The van der Waals surface area contributed by atoms with E-state index in [4.69, 9.17) is 0 Å². The van der Waals surface area contributed by atoms with Crippen LogP contribution >= 0.6 is 0 Å². The van der Waals surface area contributed by atoms with E-state index in [9.17, 15) is 41.4 Å². The fourth-order valence-corrected chi connectivity index (χ4v) is 3.50. The lowest BCUT2D eigenvalue weighted by Gasteiger charge is -2.23. The summed E-state index contributed by atoms with van der Waals surface area (Å²) in [6.45, 7) is -2.60. The number of aromatic hydroxyl groups is 1. The van der Waals surface area contributed by atoms with Crippen LogP contribution in [-0.2, 0) is 33.4 Å². The number of aromatic nitrogens is 3. The van der Waals surface area contributed by atoms with Crippen LogP contribution in [0.2, 0.25) is 0 Å².